The minimum Gasteiger partial charge on any atom is -0.478 e. The van der Waals surface area contributed by atoms with E-state index in [9.17, 15) is 9.18 Å². The van der Waals surface area contributed by atoms with Crippen LogP contribution in [-0.2, 0) is 0 Å². The molecule has 0 fully saturated rings. The number of aromatic carboxylic acids is 1. The molecule has 13 heavy (non-hydrogen) atoms. The van der Waals surface area contributed by atoms with Crippen molar-refractivity contribution in [1.82, 2.24) is 0 Å². The molecule has 0 unspecified atom stereocenters. The minimum atomic E-state index is -1.27. The predicted molar refractivity (Wildman–Crippen MR) is 52.8 cm³/mol. The molecule has 0 bridgehead atoms. The Hall–Kier alpha value is -0.550. The number of carbonyl (C=O) groups is 1. The van der Waals surface area contributed by atoms with Crippen LogP contribution in [0.25, 0.3) is 0 Å². The number of hydrogen-bond donors (Lipinski definition) is 1. The zero-order chi connectivity index (χ0) is 10.0. The van der Waals surface area contributed by atoms with E-state index in [1.807, 2.05) is 0 Å². The van der Waals surface area contributed by atoms with Gasteiger partial charge in [0.1, 0.15) is 11.4 Å². The molecule has 0 heterocycles. The topological polar surface area (TPSA) is 37.3 Å². The van der Waals surface area contributed by atoms with Crippen molar-refractivity contribution in [3.8, 4) is 0 Å². The summed E-state index contributed by atoms with van der Waals surface area (Å²) >= 11 is 4.36. The van der Waals surface area contributed by atoms with E-state index >= 15 is 0 Å². The number of thioether (sulfide) groups is 1. The van der Waals surface area contributed by atoms with Gasteiger partial charge in [0.25, 0.3) is 0 Å². The molecule has 70 valence electrons. The van der Waals surface area contributed by atoms with E-state index in [0.717, 1.165) is 0 Å². The van der Waals surface area contributed by atoms with Crippen molar-refractivity contribution in [3.05, 3.63) is 28.0 Å². The Morgan fingerprint density at radius 3 is 2.62 bits per heavy atom. The first-order valence-corrected chi connectivity index (χ1v) is 5.34. The molecule has 1 rings (SSSR count). The highest BCUT2D eigenvalue weighted by atomic mass is 79.9. The Morgan fingerprint density at radius 2 is 2.23 bits per heavy atom. The largest absolute Gasteiger partial charge is 0.478 e. The Kier molecular flexibility index (Phi) is 3.33. The quantitative estimate of drug-likeness (QED) is 0.835. The molecule has 1 aromatic carbocycles. The van der Waals surface area contributed by atoms with Gasteiger partial charge in [0, 0.05) is 9.37 Å². The monoisotopic (exact) mass is 264 g/mol. The summed E-state index contributed by atoms with van der Waals surface area (Å²) in [5.41, 5.74) is -0.321. The molecule has 0 saturated carbocycles. The summed E-state index contributed by atoms with van der Waals surface area (Å²) in [6, 6.07) is 2.79. The molecular formula is C8H6BrFO2S. The van der Waals surface area contributed by atoms with E-state index in [-0.39, 0.29) is 10.0 Å². The zero-order valence-electron chi connectivity index (χ0n) is 6.67. The lowest BCUT2D eigenvalue weighted by Crippen LogP contribution is -2.01. The minimum absolute atomic E-state index is 0.268. The molecule has 1 N–H and O–H groups in total. The van der Waals surface area contributed by atoms with Crippen LogP contribution in [0.1, 0.15) is 10.4 Å². The van der Waals surface area contributed by atoms with Crippen molar-refractivity contribution in [1.29, 1.82) is 0 Å². The summed E-state index contributed by atoms with van der Waals surface area (Å²) in [5, 5.41) is 8.63. The highest BCUT2D eigenvalue weighted by Crippen LogP contribution is 2.26. The Morgan fingerprint density at radius 1 is 1.62 bits per heavy atom. The molecule has 0 amide bonds. The van der Waals surface area contributed by atoms with Gasteiger partial charge in [-0.1, -0.05) is 0 Å². The number of hydrogen-bond acceptors (Lipinski definition) is 2. The highest BCUT2D eigenvalue weighted by molar-refractivity contribution is 9.10. The van der Waals surface area contributed by atoms with Gasteiger partial charge in [-0.3, -0.25) is 0 Å². The summed E-state index contributed by atoms with van der Waals surface area (Å²) < 4.78 is 13.4. The molecule has 0 aromatic heterocycles. The van der Waals surface area contributed by atoms with Crippen molar-refractivity contribution in [2.24, 2.45) is 0 Å². The van der Waals surface area contributed by atoms with Gasteiger partial charge in [0.15, 0.2) is 0 Å². The maximum atomic E-state index is 13.1. The van der Waals surface area contributed by atoms with Gasteiger partial charge in [-0.2, -0.15) is 0 Å². The fraction of sp³-hybridized carbons (Fsp3) is 0.125. The second kappa shape index (κ2) is 4.11. The Bertz CT molecular complexity index is 331. The lowest BCUT2D eigenvalue weighted by Gasteiger charge is -2.03. The molecule has 0 radical (unpaired) electrons. The third-order valence-electron chi connectivity index (χ3n) is 1.47. The number of carboxylic acid groups (broad SMARTS) is 1. The van der Waals surface area contributed by atoms with Crippen LogP contribution in [0.2, 0.25) is 0 Å². The standard InChI is InChI=1S/C8H6BrFO2S/c1-13-4-2-5(9)7(8(11)12)6(10)3-4/h2-3H,1H3,(H,11,12). The Balaban J connectivity index is 3.31. The van der Waals surface area contributed by atoms with Crippen LogP contribution in [0.4, 0.5) is 4.39 Å². The molecule has 0 aliphatic heterocycles. The average Bonchev–Trinajstić information content (AvgIpc) is 2.02. The molecule has 1 aromatic rings. The summed E-state index contributed by atoms with van der Waals surface area (Å²) in [5.74, 6) is -1.98. The number of rotatable bonds is 2. The number of benzene rings is 1. The number of carboxylic acids is 1. The first-order valence-electron chi connectivity index (χ1n) is 3.32. The van der Waals surface area contributed by atoms with E-state index in [4.69, 9.17) is 5.11 Å². The van der Waals surface area contributed by atoms with Gasteiger partial charge < -0.3 is 5.11 Å². The summed E-state index contributed by atoms with van der Waals surface area (Å²) in [7, 11) is 0. The summed E-state index contributed by atoms with van der Waals surface area (Å²) in [4.78, 5) is 11.3. The van der Waals surface area contributed by atoms with Crippen molar-refractivity contribution in [2.75, 3.05) is 6.26 Å². The van der Waals surface area contributed by atoms with Crippen LogP contribution in [0.3, 0.4) is 0 Å². The normalized spacial score (nSPS) is 10.1. The van der Waals surface area contributed by atoms with Crippen LogP contribution >= 0.6 is 27.7 Å². The molecule has 0 spiro atoms. The van der Waals surface area contributed by atoms with Crippen molar-refractivity contribution in [3.63, 3.8) is 0 Å². The predicted octanol–water partition coefficient (Wildman–Crippen LogP) is 3.01. The molecule has 0 aliphatic rings. The molecular weight excluding hydrogens is 259 g/mol. The van der Waals surface area contributed by atoms with Crippen molar-refractivity contribution < 1.29 is 14.3 Å². The van der Waals surface area contributed by atoms with E-state index < -0.39 is 11.8 Å². The first kappa shape index (κ1) is 10.5. The van der Waals surface area contributed by atoms with Gasteiger partial charge in [-0.05, 0) is 34.3 Å². The van der Waals surface area contributed by atoms with Gasteiger partial charge in [0.2, 0.25) is 0 Å². The van der Waals surface area contributed by atoms with Gasteiger partial charge in [-0.25, -0.2) is 9.18 Å². The van der Waals surface area contributed by atoms with Gasteiger partial charge in [0.05, 0.1) is 0 Å². The van der Waals surface area contributed by atoms with E-state index in [1.54, 1.807) is 12.3 Å². The smallest absolute Gasteiger partial charge is 0.339 e. The molecule has 0 saturated heterocycles. The SMILES string of the molecule is CSc1cc(F)c(C(=O)O)c(Br)c1. The second-order valence-electron chi connectivity index (χ2n) is 2.27. The fourth-order valence-corrected chi connectivity index (χ4v) is 2.09. The van der Waals surface area contributed by atoms with Crippen LogP contribution in [0.5, 0.6) is 0 Å². The van der Waals surface area contributed by atoms with Crippen LogP contribution in [-0.4, -0.2) is 17.3 Å². The second-order valence-corrected chi connectivity index (χ2v) is 4.01. The maximum absolute atomic E-state index is 13.1. The van der Waals surface area contributed by atoms with Gasteiger partial charge in [-0.15, -0.1) is 11.8 Å². The molecule has 2 nitrogen and oxygen atoms in total. The average molecular weight is 265 g/mol. The fourth-order valence-electron chi connectivity index (χ4n) is 0.872. The maximum Gasteiger partial charge on any atom is 0.339 e. The molecule has 0 atom stereocenters. The molecule has 5 heteroatoms. The third-order valence-corrected chi connectivity index (χ3v) is 2.80. The van der Waals surface area contributed by atoms with Crippen molar-refractivity contribution in [2.45, 2.75) is 4.90 Å². The van der Waals surface area contributed by atoms with Gasteiger partial charge >= 0.3 is 5.97 Å². The lowest BCUT2D eigenvalue weighted by atomic mass is 10.2. The first-order chi connectivity index (χ1) is 6.06. The number of halogens is 2. The van der Waals surface area contributed by atoms with E-state index in [1.165, 1.54) is 17.8 Å². The van der Waals surface area contributed by atoms with Crippen molar-refractivity contribution >= 4 is 33.7 Å². The Labute approximate surface area is 87.3 Å². The summed E-state index contributed by atoms with van der Waals surface area (Å²) in [6.45, 7) is 0. The third kappa shape index (κ3) is 2.22. The summed E-state index contributed by atoms with van der Waals surface area (Å²) in [6.07, 6.45) is 1.79. The van der Waals surface area contributed by atoms with Crippen LogP contribution in [0.15, 0.2) is 21.5 Å². The lowest BCUT2D eigenvalue weighted by molar-refractivity contribution is 0.0690. The zero-order valence-corrected chi connectivity index (χ0v) is 9.08. The van der Waals surface area contributed by atoms with Crippen LogP contribution < -0.4 is 0 Å². The molecule has 0 aliphatic carbocycles. The van der Waals surface area contributed by atoms with E-state index in [0.29, 0.717) is 4.90 Å². The van der Waals surface area contributed by atoms with E-state index in [2.05, 4.69) is 15.9 Å². The highest BCUT2D eigenvalue weighted by Gasteiger charge is 2.15. The van der Waals surface area contributed by atoms with Crippen LogP contribution in [0, 0.1) is 5.82 Å².